The highest BCUT2D eigenvalue weighted by Gasteiger charge is 2.17. The summed E-state index contributed by atoms with van der Waals surface area (Å²) in [6, 6.07) is 18.8. The van der Waals surface area contributed by atoms with E-state index >= 15 is 0 Å². The highest BCUT2D eigenvalue weighted by Crippen LogP contribution is 2.29. The van der Waals surface area contributed by atoms with Crippen molar-refractivity contribution in [2.24, 2.45) is 5.92 Å². The first-order chi connectivity index (χ1) is 10.1. The summed E-state index contributed by atoms with van der Waals surface area (Å²) < 4.78 is 0. The zero-order valence-corrected chi connectivity index (χ0v) is 12.9. The lowest BCUT2D eigenvalue weighted by atomic mass is 9.91. The Morgan fingerprint density at radius 1 is 1.05 bits per heavy atom. The summed E-state index contributed by atoms with van der Waals surface area (Å²) in [5, 5.41) is 12.5. The second kappa shape index (κ2) is 6.95. The number of nitrogens with zero attached hydrogens (tertiary/aromatic N) is 1. The number of hydrogen-bond donors (Lipinski definition) is 1. The van der Waals surface area contributed by atoms with Crippen LogP contribution in [0.3, 0.4) is 0 Å². The lowest BCUT2D eigenvalue weighted by molar-refractivity contribution is 0.482. The van der Waals surface area contributed by atoms with Crippen LogP contribution in [-0.2, 0) is 0 Å². The van der Waals surface area contributed by atoms with E-state index in [4.69, 9.17) is 5.26 Å². The number of nitriles is 1. The first-order valence-corrected chi connectivity index (χ1v) is 7.47. The van der Waals surface area contributed by atoms with Crippen molar-refractivity contribution in [3.8, 4) is 6.07 Å². The number of benzene rings is 2. The SMILES string of the molecule is CCC(C)C(Nc1ccc(C)cc1)c1ccc(C#N)cc1. The molecule has 1 N–H and O–H groups in total. The van der Waals surface area contributed by atoms with Crippen LogP contribution in [0.25, 0.3) is 0 Å². The van der Waals surface area contributed by atoms with E-state index in [1.807, 2.05) is 12.1 Å². The van der Waals surface area contributed by atoms with Gasteiger partial charge in [0.05, 0.1) is 17.7 Å². The van der Waals surface area contributed by atoms with Crippen LogP contribution in [0.2, 0.25) is 0 Å². The lowest BCUT2D eigenvalue weighted by Crippen LogP contribution is -2.18. The molecule has 0 heterocycles. The summed E-state index contributed by atoms with van der Waals surface area (Å²) in [6.07, 6.45) is 1.10. The van der Waals surface area contributed by atoms with Gasteiger partial charge in [0.2, 0.25) is 0 Å². The van der Waals surface area contributed by atoms with E-state index in [2.05, 4.69) is 68.6 Å². The molecule has 2 aromatic rings. The minimum Gasteiger partial charge on any atom is -0.378 e. The molecule has 21 heavy (non-hydrogen) atoms. The van der Waals surface area contributed by atoms with Crippen LogP contribution in [-0.4, -0.2) is 0 Å². The van der Waals surface area contributed by atoms with E-state index in [1.54, 1.807) is 0 Å². The van der Waals surface area contributed by atoms with Crippen LogP contribution in [0.1, 0.15) is 43.0 Å². The molecule has 2 nitrogen and oxygen atoms in total. The maximum Gasteiger partial charge on any atom is 0.0991 e. The smallest absolute Gasteiger partial charge is 0.0991 e. The molecule has 0 spiro atoms. The molecule has 0 amide bonds. The normalized spacial score (nSPS) is 13.2. The molecular formula is C19H22N2. The summed E-state index contributed by atoms with van der Waals surface area (Å²) in [4.78, 5) is 0. The molecule has 0 aliphatic rings. The van der Waals surface area contributed by atoms with Crippen molar-refractivity contribution >= 4 is 5.69 Å². The van der Waals surface area contributed by atoms with Gasteiger partial charge in [-0.25, -0.2) is 0 Å². The maximum absolute atomic E-state index is 8.92. The zero-order valence-electron chi connectivity index (χ0n) is 12.9. The summed E-state index contributed by atoms with van der Waals surface area (Å²) in [5.41, 5.74) is 4.33. The van der Waals surface area contributed by atoms with Crippen molar-refractivity contribution in [3.63, 3.8) is 0 Å². The van der Waals surface area contributed by atoms with Crippen LogP contribution >= 0.6 is 0 Å². The summed E-state index contributed by atoms with van der Waals surface area (Å²) in [7, 11) is 0. The summed E-state index contributed by atoms with van der Waals surface area (Å²) in [5.74, 6) is 0.513. The quantitative estimate of drug-likeness (QED) is 0.829. The molecule has 108 valence electrons. The molecule has 0 aliphatic carbocycles. The minimum atomic E-state index is 0.255. The number of hydrogen-bond acceptors (Lipinski definition) is 2. The van der Waals surface area contributed by atoms with Gasteiger partial charge in [-0.3, -0.25) is 0 Å². The Hall–Kier alpha value is -2.27. The van der Waals surface area contributed by atoms with Crippen molar-refractivity contribution < 1.29 is 0 Å². The second-order valence-electron chi connectivity index (χ2n) is 5.61. The van der Waals surface area contributed by atoms with E-state index in [9.17, 15) is 0 Å². The van der Waals surface area contributed by atoms with Crippen LogP contribution < -0.4 is 5.32 Å². The zero-order chi connectivity index (χ0) is 15.2. The Morgan fingerprint density at radius 3 is 2.19 bits per heavy atom. The van der Waals surface area contributed by atoms with Crippen LogP contribution in [0.15, 0.2) is 48.5 Å². The Labute approximate surface area is 127 Å². The van der Waals surface area contributed by atoms with Crippen LogP contribution in [0.4, 0.5) is 5.69 Å². The van der Waals surface area contributed by atoms with Crippen LogP contribution in [0.5, 0.6) is 0 Å². The lowest BCUT2D eigenvalue weighted by Gasteiger charge is -2.26. The van der Waals surface area contributed by atoms with Gasteiger partial charge in [-0.1, -0.05) is 50.1 Å². The fourth-order valence-electron chi connectivity index (χ4n) is 2.38. The molecule has 0 bridgehead atoms. The van der Waals surface area contributed by atoms with Crippen molar-refractivity contribution in [2.45, 2.75) is 33.2 Å². The van der Waals surface area contributed by atoms with Gasteiger partial charge >= 0.3 is 0 Å². The minimum absolute atomic E-state index is 0.255. The Bertz CT molecular complexity index is 606. The van der Waals surface area contributed by atoms with Gasteiger partial charge < -0.3 is 5.32 Å². The number of rotatable bonds is 5. The second-order valence-corrected chi connectivity index (χ2v) is 5.61. The van der Waals surface area contributed by atoms with Crippen LogP contribution in [0, 0.1) is 24.2 Å². The van der Waals surface area contributed by atoms with Crippen molar-refractivity contribution in [1.82, 2.24) is 0 Å². The Morgan fingerprint density at radius 2 is 1.67 bits per heavy atom. The fraction of sp³-hybridized carbons (Fsp3) is 0.316. The van der Waals surface area contributed by atoms with E-state index < -0.39 is 0 Å². The summed E-state index contributed by atoms with van der Waals surface area (Å²) in [6.45, 7) is 6.55. The maximum atomic E-state index is 8.92. The number of aryl methyl sites for hydroxylation is 1. The molecule has 2 unspecified atom stereocenters. The molecule has 2 aromatic carbocycles. The van der Waals surface area contributed by atoms with Gasteiger partial charge in [-0.05, 0) is 42.7 Å². The van der Waals surface area contributed by atoms with Gasteiger partial charge in [0.15, 0.2) is 0 Å². The highest BCUT2D eigenvalue weighted by molar-refractivity contribution is 5.47. The molecule has 0 fully saturated rings. The van der Waals surface area contributed by atoms with E-state index in [1.165, 1.54) is 11.1 Å². The third-order valence-electron chi connectivity index (χ3n) is 3.99. The predicted octanol–water partition coefficient (Wildman–Crippen LogP) is 5.07. The van der Waals surface area contributed by atoms with Gasteiger partial charge in [-0.2, -0.15) is 5.26 Å². The Kier molecular flexibility index (Phi) is 5.00. The molecule has 0 radical (unpaired) electrons. The Balaban J connectivity index is 2.25. The highest BCUT2D eigenvalue weighted by atomic mass is 14.9. The first-order valence-electron chi connectivity index (χ1n) is 7.47. The average molecular weight is 278 g/mol. The number of anilines is 1. The number of nitrogens with one attached hydrogen (secondary N) is 1. The van der Waals surface area contributed by atoms with Gasteiger partial charge in [0.1, 0.15) is 0 Å². The molecule has 2 heteroatoms. The van der Waals surface area contributed by atoms with E-state index in [-0.39, 0.29) is 6.04 Å². The van der Waals surface area contributed by atoms with Gasteiger partial charge in [-0.15, -0.1) is 0 Å². The monoisotopic (exact) mass is 278 g/mol. The predicted molar refractivity (Wildman–Crippen MR) is 88.2 cm³/mol. The third-order valence-corrected chi connectivity index (χ3v) is 3.99. The fourth-order valence-corrected chi connectivity index (χ4v) is 2.38. The first kappa shape index (κ1) is 15.1. The topological polar surface area (TPSA) is 35.8 Å². The molecule has 2 atom stereocenters. The molecule has 0 saturated heterocycles. The van der Waals surface area contributed by atoms with E-state index in [0.717, 1.165) is 12.1 Å². The van der Waals surface area contributed by atoms with Crippen molar-refractivity contribution in [3.05, 3.63) is 65.2 Å². The third kappa shape index (κ3) is 3.86. The molecule has 0 saturated carbocycles. The molecular weight excluding hydrogens is 256 g/mol. The van der Waals surface area contributed by atoms with Gasteiger partial charge in [0, 0.05) is 5.69 Å². The molecule has 0 aliphatic heterocycles. The standard InChI is InChI=1S/C19H22N2/c1-4-15(3)19(17-9-7-16(13-20)8-10-17)21-18-11-5-14(2)6-12-18/h5-12,15,19,21H,4H2,1-3H3. The van der Waals surface area contributed by atoms with E-state index in [0.29, 0.717) is 11.5 Å². The molecule has 2 rings (SSSR count). The average Bonchev–Trinajstić information content (AvgIpc) is 2.54. The van der Waals surface area contributed by atoms with Crippen molar-refractivity contribution in [2.75, 3.05) is 5.32 Å². The molecule has 0 aromatic heterocycles. The van der Waals surface area contributed by atoms with Crippen molar-refractivity contribution in [1.29, 1.82) is 5.26 Å². The largest absolute Gasteiger partial charge is 0.378 e. The van der Waals surface area contributed by atoms with Gasteiger partial charge in [0.25, 0.3) is 0 Å². The summed E-state index contributed by atoms with van der Waals surface area (Å²) >= 11 is 0.